The molecule has 0 rings (SSSR count). The van der Waals surface area contributed by atoms with Crippen LogP contribution >= 0.6 is 54.0 Å². The number of alkyl halides is 2. The summed E-state index contributed by atoms with van der Waals surface area (Å²) >= 11 is 20.4. The van der Waals surface area contributed by atoms with E-state index in [0.717, 1.165) is 5.82 Å². The Morgan fingerprint density at radius 2 is 1.48 bits per heavy atom. The van der Waals surface area contributed by atoms with Crippen molar-refractivity contribution in [2.24, 2.45) is 0 Å². The minimum atomic E-state index is -3.14. The number of esters is 1. The second kappa shape index (κ2) is 18.3. The highest BCUT2D eigenvalue weighted by molar-refractivity contribution is 7.57. The number of hydrogen-bond donors (Lipinski definition) is 0. The summed E-state index contributed by atoms with van der Waals surface area (Å²) in [5.74, 6) is 1.33. The number of halogens is 4. The van der Waals surface area contributed by atoms with E-state index in [-0.39, 0.29) is 35.4 Å². The molecule has 0 aromatic rings. The zero-order valence-electron chi connectivity index (χ0n) is 13.0. The predicted octanol–water partition coefficient (Wildman–Crippen LogP) is 5.50. The number of methoxy groups -OCH3 is 1. The fourth-order valence-corrected chi connectivity index (χ4v) is 1.99. The van der Waals surface area contributed by atoms with Gasteiger partial charge >= 0.3 is 13.6 Å². The maximum Gasteiger partial charge on any atom is 0.353 e. The molecule has 0 aliphatic rings. The number of hydrogen-bond acceptors (Lipinski definition) is 5. The minimum absolute atomic E-state index is 0.111. The average Bonchev–Trinajstić information content (AvgIpc) is 2.50. The van der Waals surface area contributed by atoms with Gasteiger partial charge in [-0.25, -0.2) is 4.79 Å². The van der Waals surface area contributed by atoms with Crippen LogP contribution in [-0.2, 0) is 23.1 Å². The van der Waals surface area contributed by atoms with Crippen molar-refractivity contribution >= 4 is 60.0 Å². The van der Waals surface area contributed by atoms with Crippen LogP contribution in [-0.4, -0.2) is 38.1 Å². The molecule has 0 spiro atoms. The van der Waals surface area contributed by atoms with Gasteiger partial charge in [-0.2, -0.15) is 0 Å². The monoisotopic (exact) mass is 428 g/mol. The third-order valence-electron chi connectivity index (χ3n) is 1.45. The van der Waals surface area contributed by atoms with Gasteiger partial charge in [-0.15, -0.1) is 23.2 Å². The lowest BCUT2D eigenvalue weighted by Crippen LogP contribution is -1.98. The van der Waals surface area contributed by atoms with Gasteiger partial charge in [0.25, 0.3) is 0 Å². The third kappa shape index (κ3) is 24.4. The summed E-state index contributed by atoms with van der Waals surface area (Å²) in [6.07, 6.45) is 0. The van der Waals surface area contributed by atoms with E-state index in [2.05, 4.69) is 24.5 Å². The highest BCUT2D eigenvalue weighted by Crippen LogP contribution is 2.48. The Hall–Kier alpha value is -0.000000000000000167. The van der Waals surface area contributed by atoms with E-state index in [1.165, 1.54) is 7.11 Å². The second-order valence-corrected chi connectivity index (χ2v) is 7.20. The summed E-state index contributed by atoms with van der Waals surface area (Å²) in [5.41, 5.74) is 0.433. The van der Waals surface area contributed by atoms with E-state index in [9.17, 15) is 9.36 Å². The molecule has 0 unspecified atom stereocenters. The van der Waals surface area contributed by atoms with Crippen molar-refractivity contribution in [2.75, 3.05) is 32.1 Å². The fraction of sp³-hybridized carbons (Fsp3) is 0.462. The van der Waals surface area contributed by atoms with Crippen molar-refractivity contribution < 1.29 is 23.1 Å². The summed E-state index contributed by atoms with van der Waals surface area (Å²) in [7, 11) is -1.81. The molecule has 5 nitrogen and oxygen atoms in total. The lowest BCUT2D eigenvalue weighted by atomic mass is 10.4. The van der Waals surface area contributed by atoms with E-state index >= 15 is 0 Å². The van der Waals surface area contributed by atoms with E-state index in [1.807, 2.05) is 0 Å². The van der Waals surface area contributed by atoms with Crippen LogP contribution in [0.5, 0.6) is 0 Å². The van der Waals surface area contributed by atoms with Gasteiger partial charge in [0.05, 0.1) is 24.8 Å². The van der Waals surface area contributed by atoms with Gasteiger partial charge in [0.15, 0.2) is 0 Å². The topological polar surface area (TPSA) is 61.8 Å². The molecular formula is C13H21Cl4O5P. The molecule has 0 saturated carbocycles. The standard InChI is InChI=1S/C6H11Cl2O3P.C5H8O2.C2H2Cl2/c1-2-12(9,10-5-3-7)11-6-4-8;1-4(2)5(6)7-3;1-2(3)4/h2H,1,3-6H2;1H2,2-3H3;1H2. The Labute approximate surface area is 157 Å². The number of carbonyl (C=O) groups excluding carboxylic acids is 1. The molecule has 0 N–H and O–H groups in total. The molecule has 0 aliphatic carbocycles. The first-order valence-corrected chi connectivity index (χ1v) is 9.41. The van der Waals surface area contributed by atoms with Crippen molar-refractivity contribution in [1.29, 1.82) is 0 Å². The molecule has 0 fully saturated rings. The highest BCUT2D eigenvalue weighted by Gasteiger charge is 2.18. The summed E-state index contributed by atoms with van der Waals surface area (Å²) < 4.78 is 25.5. The van der Waals surface area contributed by atoms with Crippen LogP contribution in [0.15, 0.2) is 35.6 Å². The first-order chi connectivity index (χ1) is 10.6. The Bertz CT molecular complexity index is 399. The predicted molar refractivity (Wildman–Crippen MR) is 98.8 cm³/mol. The second-order valence-electron chi connectivity index (χ2n) is 3.38. The molecule has 0 amide bonds. The molecule has 0 atom stereocenters. The van der Waals surface area contributed by atoms with Crippen molar-refractivity contribution in [2.45, 2.75) is 6.92 Å². The SMILES string of the molecule is C=C(C)C(=O)OC.C=C(Cl)Cl.C=CP(=O)(OCCCl)OCCCl. The smallest absolute Gasteiger partial charge is 0.353 e. The molecule has 0 aliphatic heterocycles. The van der Waals surface area contributed by atoms with Gasteiger partial charge in [0, 0.05) is 23.2 Å². The van der Waals surface area contributed by atoms with Crippen LogP contribution < -0.4 is 0 Å². The maximum atomic E-state index is 11.4. The van der Waals surface area contributed by atoms with Crippen LogP contribution in [0.4, 0.5) is 0 Å². The van der Waals surface area contributed by atoms with E-state index < -0.39 is 7.60 Å². The number of ether oxygens (including phenoxy) is 1. The van der Waals surface area contributed by atoms with Crippen molar-refractivity contribution in [3.05, 3.63) is 35.6 Å². The molecule has 0 saturated heterocycles. The first-order valence-electron chi connectivity index (χ1n) is 5.98. The molecule has 0 aromatic heterocycles. The van der Waals surface area contributed by atoms with Crippen molar-refractivity contribution in [3.8, 4) is 0 Å². The fourth-order valence-electron chi connectivity index (χ4n) is 0.640. The van der Waals surface area contributed by atoms with Gasteiger partial charge in [-0.05, 0) is 6.92 Å². The molecule has 0 radical (unpaired) electrons. The Kier molecular flexibility index (Phi) is 22.2. The Morgan fingerprint density at radius 3 is 1.61 bits per heavy atom. The zero-order chi connectivity index (χ0) is 18.9. The lowest BCUT2D eigenvalue weighted by Gasteiger charge is -2.12. The van der Waals surface area contributed by atoms with Crippen molar-refractivity contribution in [3.63, 3.8) is 0 Å². The van der Waals surface area contributed by atoms with E-state index in [0.29, 0.717) is 5.57 Å². The molecule has 0 heterocycles. The van der Waals surface area contributed by atoms with Crippen LogP contribution in [0.1, 0.15) is 6.92 Å². The maximum absolute atomic E-state index is 11.4. The van der Waals surface area contributed by atoms with Crippen molar-refractivity contribution in [1.82, 2.24) is 0 Å². The van der Waals surface area contributed by atoms with E-state index in [4.69, 9.17) is 55.5 Å². The van der Waals surface area contributed by atoms with Crippen LogP contribution in [0.3, 0.4) is 0 Å². The largest absolute Gasteiger partial charge is 0.466 e. The molecular weight excluding hydrogens is 409 g/mol. The molecule has 10 heteroatoms. The van der Waals surface area contributed by atoms with Crippen LogP contribution in [0, 0.1) is 0 Å². The zero-order valence-corrected chi connectivity index (χ0v) is 16.9. The highest BCUT2D eigenvalue weighted by atomic mass is 35.5. The summed E-state index contributed by atoms with van der Waals surface area (Å²) in [6.45, 7) is 11.7. The van der Waals surface area contributed by atoms with Crippen LogP contribution in [0.25, 0.3) is 0 Å². The minimum Gasteiger partial charge on any atom is -0.466 e. The summed E-state index contributed by atoms with van der Waals surface area (Å²) in [5, 5.41) is 0. The third-order valence-corrected chi connectivity index (χ3v) is 3.29. The number of rotatable bonds is 8. The van der Waals surface area contributed by atoms with Gasteiger partial charge in [0.1, 0.15) is 0 Å². The molecule has 0 bridgehead atoms. The van der Waals surface area contributed by atoms with Gasteiger partial charge in [0.2, 0.25) is 0 Å². The van der Waals surface area contributed by atoms with Gasteiger partial charge in [-0.1, -0.05) is 42.9 Å². The molecule has 23 heavy (non-hydrogen) atoms. The Morgan fingerprint density at radius 1 is 1.13 bits per heavy atom. The average molecular weight is 430 g/mol. The van der Waals surface area contributed by atoms with Gasteiger partial charge < -0.3 is 13.8 Å². The quantitative estimate of drug-likeness (QED) is 0.220. The number of carbonyl (C=O) groups is 1. The molecule has 136 valence electrons. The first kappa shape index (κ1) is 27.8. The van der Waals surface area contributed by atoms with Crippen LogP contribution in [0.2, 0.25) is 0 Å². The summed E-state index contributed by atoms with van der Waals surface area (Å²) in [4.78, 5) is 10.2. The lowest BCUT2D eigenvalue weighted by molar-refractivity contribution is -0.136. The molecule has 0 aromatic carbocycles. The van der Waals surface area contributed by atoms with E-state index in [1.54, 1.807) is 6.92 Å². The Balaban J connectivity index is -0.000000307. The normalized spacial score (nSPS) is 9.48. The van der Waals surface area contributed by atoms with Gasteiger partial charge in [-0.3, -0.25) is 4.57 Å². The summed E-state index contributed by atoms with van der Waals surface area (Å²) in [6, 6.07) is 0.